The second-order valence-electron chi connectivity index (χ2n) is 9.11. The first kappa shape index (κ1) is 31.1. The molecule has 0 spiro atoms. The van der Waals surface area contributed by atoms with Crippen LogP contribution in [0.25, 0.3) is 0 Å². The first-order valence-electron chi connectivity index (χ1n) is 12.3. The largest absolute Gasteiger partial charge is 0.459 e. The Balaban J connectivity index is 1.42. The molecule has 4 rings (SSSR count). The summed E-state index contributed by atoms with van der Waals surface area (Å²) in [4.78, 5) is 36.0. The number of hydrogen-bond acceptors (Lipinski definition) is 15. The maximum atomic E-state index is 13.8. The van der Waals surface area contributed by atoms with Crippen LogP contribution in [0.5, 0.6) is 5.75 Å². The normalized spacial score (nSPS) is 24.1. The molecule has 1 aromatic heterocycles. The third-order valence-corrected chi connectivity index (χ3v) is 9.33. The minimum atomic E-state index is -4.30. The lowest BCUT2D eigenvalue weighted by Gasteiger charge is -2.29. The molecule has 5 N–H and O–H groups in total. The highest BCUT2D eigenvalue weighted by Crippen LogP contribution is 2.47. The minimum Gasteiger partial charge on any atom is -0.456 e. The van der Waals surface area contributed by atoms with Gasteiger partial charge in [0.1, 0.15) is 48.2 Å². The van der Waals surface area contributed by atoms with Crippen LogP contribution in [-0.4, -0.2) is 83.3 Å². The first-order valence-corrected chi connectivity index (χ1v) is 14.8. The van der Waals surface area contributed by atoms with Gasteiger partial charge in [-0.2, -0.15) is 10.1 Å². The number of aliphatic imine (C=N–C) groups is 2. The summed E-state index contributed by atoms with van der Waals surface area (Å²) in [7, 11) is -2.89. The Bertz CT molecular complexity index is 1440. The summed E-state index contributed by atoms with van der Waals surface area (Å²) in [5, 5.41) is 33.4. The predicted molar refractivity (Wildman–Crippen MR) is 151 cm³/mol. The van der Waals surface area contributed by atoms with Gasteiger partial charge in [-0.3, -0.25) is 9.32 Å². The average molecular weight is 625 g/mol. The zero-order chi connectivity index (χ0) is 30.6. The van der Waals surface area contributed by atoms with E-state index < -0.39 is 53.5 Å². The van der Waals surface area contributed by atoms with Crippen LogP contribution in [0.15, 0.2) is 58.9 Å². The van der Waals surface area contributed by atoms with E-state index in [2.05, 4.69) is 26.6 Å². The number of aliphatic hydroxyl groups is 2. The highest BCUT2D eigenvalue weighted by atomic mass is 32.2. The molecule has 0 bridgehead atoms. The fourth-order valence-corrected chi connectivity index (χ4v) is 6.97. The molecule has 2 aliphatic rings. The quantitative estimate of drug-likeness (QED) is 0.111. The van der Waals surface area contributed by atoms with Crippen molar-refractivity contribution in [1.29, 1.82) is 0 Å². The molecule has 0 aliphatic carbocycles. The molecule has 6 atom stereocenters. The van der Waals surface area contributed by atoms with Crippen molar-refractivity contribution < 1.29 is 38.3 Å². The Hall–Kier alpha value is -3.80. The number of aromatic nitrogens is 2. The molecule has 3 heterocycles. The fourth-order valence-electron chi connectivity index (χ4n) is 3.90. The van der Waals surface area contributed by atoms with Gasteiger partial charge in [0, 0.05) is 0 Å². The zero-order valence-corrected chi connectivity index (χ0v) is 24.1. The molecule has 2 aromatic rings. The second-order valence-corrected chi connectivity index (χ2v) is 12.2. The molecule has 0 radical (unpaired) electrons. The van der Waals surface area contributed by atoms with Gasteiger partial charge in [-0.1, -0.05) is 29.8 Å². The fraction of sp³-hybridized carbons (Fsp3) is 0.391. The Morgan fingerprint density at radius 2 is 2.05 bits per heavy atom. The number of ether oxygens (including phenoxy) is 1. The van der Waals surface area contributed by atoms with Crippen molar-refractivity contribution >= 4 is 43.7 Å². The monoisotopic (exact) mass is 624 g/mol. The highest BCUT2D eigenvalue weighted by molar-refractivity contribution is 8.00. The number of imidazole rings is 1. The van der Waals surface area contributed by atoms with Crippen molar-refractivity contribution in [3.05, 3.63) is 64.7 Å². The van der Waals surface area contributed by atoms with Gasteiger partial charge in [-0.05, 0) is 24.0 Å². The molecule has 17 nitrogen and oxygen atoms in total. The Labute approximate surface area is 243 Å². The van der Waals surface area contributed by atoms with E-state index in [4.69, 9.17) is 19.5 Å². The van der Waals surface area contributed by atoms with Gasteiger partial charge in [0.15, 0.2) is 5.69 Å². The Kier molecular flexibility index (Phi) is 9.65. The molecule has 2 aliphatic heterocycles. The maximum Gasteiger partial charge on any atom is 0.459 e. The zero-order valence-electron chi connectivity index (χ0n) is 22.4. The smallest absolute Gasteiger partial charge is 0.456 e. The van der Waals surface area contributed by atoms with E-state index in [9.17, 15) is 29.7 Å². The van der Waals surface area contributed by atoms with Crippen LogP contribution < -0.4 is 15.3 Å². The number of carbonyl (C=O) groups is 1. The molecular formula is C23H29N8O9PS. The summed E-state index contributed by atoms with van der Waals surface area (Å²) in [5.74, 6) is -0.902. The van der Waals surface area contributed by atoms with Crippen LogP contribution in [0.4, 0.5) is 5.95 Å². The van der Waals surface area contributed by atoms with E-state index in [1.165, 1.54) is 43.5 Å². The van der Waals surface area contributed by atoms with Gasteiger partial charge < -0.3 is 40.2 Å². The number of rotatable bonds is 12. The van der Waals surface area contributed by atoms with Crippen molar-refractivity contribution in [2.45, 2.75) is 42.4 Å². The number of aliphatic hydroxyl groups excluding tert-OH is 2. The van der Waals surface area contributed by atoms with Crippen molar-refractivity contribution in [2.75, 3.05) is 6.61 Å². The molecule has 0 saturated carbocycles. The summed E-state index contributed by atoms with van der Waals surface area (Å²) in [6.07, 6.45) is -0.0432. The van der Waals surface area contributed by atoms with E-state index in [0.29, 0.717) is 0 Å². The molecule has 226 valence electrons. The van der Waals surface area contributed by atoms with E-state index >= 15 is 0 Å². The van der Waals surface area contributed by atoms with Crippen molar-refractivity contribution in [1.82, 2.24) is 19.5 Å². The van der Waals surface area contributed by atoms with Crippen LogP contribution in [0.1, 0.15) is 12.6 Å². The summed E-state index contributed by atoms with van der Waals surface area (Å²) >= 11 is 1.11. The van der Waals surface area contributed by atoms with E-state index in [1.54, 1.807) is 18.2 Å². The molecule has 42 heavy (non-hydrogen) atoms. The van der Waals surface area contributed by atoms with E-state index in [1.807, 2.05) is 0 Å². The molecule has 19 heteroatoms. The Morgan fingerprint density at radius 1 is 1.33 bits per heavy atom. The molecule has 0 amide bonds. The topological polar surface area (TPSA) is 229 Å². The average Bonchev–Trinajstić information content (AvgIpc) is 3.45. The molecular weight excluding hydrogens is 595 g/mol. The van der Waals surface area contributed by atoms with E-state index in [0.717, 1.165) is 16.3 Å². The van der Waals surface area contributed by atoms with Gasteiger partial charge >= 0.3 is 19.7 Å². The number of nitrogens with two attached hydrogens (primary N) is 1. The second kappa shape index (κ2) is 13.0. The van der Waals surface area contributed by atoms with Gasteiger partial charge in [0.25, 0.3) is 0 Å². The van der Waals surface area contributed by atoms with Crippen molar-refractivity contribution in [2.24, 2.45) is 22.8 Å². The third-order valence-electron chi connectivity index (χ3n) is 6.14. The number of guanidine groups is 1. The predicted octanol–water partition coefficient (Wildman–Crippen LogP) is 0.846. The number of nitro groups is 1. The van der Waals surface area contributed by atoms with Gasteiger partial charge in [-0.25, -0.2) is 14.1 Å². The van der Waals surface area contributed by atoms with Gasteiger partial charge in [0.05, 0.1) is 25.0 Å². The van der Waals surface area contributed by atoms with Gasteiger partial charge in [-0.15, -0.1) is 11.8 Å². The number of nitrogens with one attached hydrogen (secondary N) is 1. The maximum absolute atomic E-state index is 13.8. The number of hydrogen-bond donors (Lipinski definition) is 4. The molecule has 1 aromatic carbocycles. The number of thioether (sulfide) groups is 1. The first-order chi connectivity index (χ1) is 19.9. The third kappa shape index (κ3) is 7.15. The molecule has 2 unspecified atom stereocenters. The summed E-state index contributed by atoms with van der Waals surface area (Å²) in [5.41, 5.74) is 5.84. The lowest BCUT2D eigenvalue weighted by atomic mass is 10.1. The minimum absolute atomic E-state index is 0.00600. The van der Waals surface area contributed by atoms with Crippen molar-refractivity contribution in [3.63, 3.8) is 0 Å². The molecule has 1 saturated heterocycles. The van der Waals surface area contributed by atoms with E-state index in [-0.39, 0.29) is 36.4 Å². The number of para-hydroxylation sites is 1. The number of benzene rings is 1. The lowest BCUT2D eigenvalue weighted by molar-refractivity contribution is -0.396. The lowest BCUT2D eigenvalue weighted by Crippen LogP contribution is -2.43. The van der Waals surface area contributed by atoms with Crippen LogP contribution in [-0.2, 0) is 32.3 Å². The number of nitrogens with zero attached hydrogens (tertiary/aromatic N) is 6. The van der Waals surface area contributed by atoms with Crippen molar-refractivity contribution in [3.8, 4) is 5.75 Å². The van der Waals surface area contributed by atoms with Gasteiger partial charge in [0.2, 0.25) is 5.96 Å². The highest BCUT2D eigenvalue weighted by Gasteiger charge is 2.47. The number of esters is 1. The summed E-state index contributed by atoms with van der Waals surface area (Å²) in [6, 6.07) is 6.84. The summed E-state index contributed by atoms with van der Waals surface area (Å²) in [6.45, 7) is 4.45. The molecule has 1 fully saturated rings. The van der Waals surface area contributed by atoms with Crippen LogP contribution >= 0.6 is 19.5 Å². The SMILES string of the molecule is C=C1N=C(N)N=CN1[C@@H]1S[C@H](COP(=O)(N[C@@H](C)C(=O)OCc2cnc([N+](=O)[O-])n2C)Oc2ccccc2)[C@H](O)C1O. The number of carbonyl (C=O) groups excluding carboxylic acids is 1. The standard InChI is InChI=1S/C23H29N8O9PS/c1-13(21(34)38-10-15-9-25-23(29(15)3)31(35)36)28-41(37,40-16-7-5-4-6-8-16)39-11-17-18(32)19(33)20(42-17)30-12-26-22(24)27-14(30)2/h4-9,12-13,17-20,32-33H,2,10-11H2,1,3H3,(H2,24,27)(H,28,37)/t13-,17+,18-,19?,20+,41?/m0/s1. The Morgan fingerprint density at radius 3 is 2.69 bits per heavy atom. The van der Waals surface area contributed by atoms with Crippen LogP contribution in [0.3, 0.4) is 0 Å². The summed E-state index contributed by atoms with van der Waals surface area (Å²) < 4.78 is 31.5. The van der Waals surface area contributed by atoms with Crippen LogP contribution in [0, 0.1) is 10.1 Å². The van der Waals surface area contributed by atoms with Crippen LogP contribution in [0.2, 0.25) is 0 Å².